The third-order valence-corrected chi connectivity index (χ3v) is 3.09. The van der Waals surface area contributed by atoms with E-state index in [1.807, 2.05) is 32.0 Å². The lowest BCUT2D eigenvalue weighted by molar-refractivity contribution is 0.249. The zero-order valence-corrected chi connectivity index (χ0v) is 12.8. The fourth-order valence-electron chi connectivity index (χ4n) is 1.99. The topological polar surface area (TPSA) is 88.3 Å². The average molecular weight is 304 g/mol. The van der Waals surface area contributed by atoms with Crippen LogP contribution in [0.1, 0.15) is 25.5 Å². The Bertz CT molecular complexity index is 613. The van der Waals surface area contributed by atoms with E-state index in [0.29, 0.717) is 23.8 Å². The van der Waals surface area contributed by atoms with Crippen LogP contribution in [0.5, 0.6) is 11.5 Å². The zero-order chi connectivity index (χ0) is 15.9. The largest absolute Gasteiger partial charge is 0.493 e. The molecule has 2 aromatic rings. The van der Waals surface area contributed by atoms with Crippen LogP contribution in [0.15, 0.2) is 30.6 Å². The van der Waals surface area contributed by atoms with E-state index in [0.717, 1.165) is 5.56 Å². The Labute approximate surface area is 129 Å². The number of amides is 2. The lowest BCUT2D eigenvalue weighted by Crippen LogP contribution is -2.31. The zero-order valence-electron chi connectivity index (χ0n) is 12.8. The molecule has 1 heterocycles. The Morgan fingerprint density at radius 2 is 2.23 bits per heavy atom. The van der Waals surface area contributed by atoms with Gasteiger partial charge in [0.25, 0.3) is 0 Å². The smallest absolute Gasteiger partial charge is 0.319 e. The van der Waals surface area contributed by atoms with Crippen LogP contribution in [0.2, 0.25) is 0 Å². The summed E-state index contributed by atoms with van der Waals surface area (Å²) in [6, 6.07) is 5.10. The third-order valence-electron chi connectivity index (χ3n) is 3.09. The number of nitrogens with one attached hydrogen (secondary N) is 3. The van der Waals surface area contributed by atoms with Crippen molar-refractivity contribution in [3.05, 3.63) is 36.2 Å². The molecule has 3 N–H and O–H groups in total. The fourth-order valence-corrected chi connectivity index (χ4v) is 1.99. The van der Waals surface area contributed by atoms with Gasteiger partial charge in [-0.15, -0.1) is 0 Å². The van der Waals surface area contributed by atoms with E-state index < -0.39 is 0 Å². The molecule has 0 fully saturated rings. The van der Waals surface area contributed by atoms with E-state index >= 15 is 0 Å². The number of hydrogen-bond donors (Lipinski definition) is 3. The van der Waals surface area contributed by atoms with Crippen LogP contribution < -0.4 is 20.1 Å². The van der Waals surface area contributed by atoms with Crippen LogP contribution in [-0.2, 0) is 0 Å². The highest BCUT2D eigenvalue weighted by Crippen LogP contribution is 2.30. The maximum absolute atomic E-state index is 11.9. The molecule has 1 aromatic heterocycles. The number of aromatic nitrogens is 2. The van der Waals surface area contributed by atoms with Gasteiger partial charge < -0.3 is 20.1 Å². The van der Waals surface area contributed by atoms with Gasteiger partial charge in [0.05, 0.1) is 31.6 Å². The monoisotopic (exact) mass is 304 g/mol. The highest BCUT2D eigenvalue weighted by molar-refractivity contribution is 5.89. The molecular weight excluding hydrogens is 284 g/mol. The van der Waals surface area contributed by atoms with Gasteiger partial charge in [0.1, 0.15) is 0 Å². The molecule has 0 bridgehead atoms. The highest BCUT2D eigenvalue weighted by atomic mass is 16.5. The van der Waals surface area contributed by atoms with Crippen LogP contribution in [0.25, 0.3) is 0 Å². The normalized spacial score (nSPS) is 11.6. The second-order valence-electron chi connectivity index (χ2n) is 4.65. The first kappa shape index (κ1) is 15.7. The summed E-state index contributed by atoms with van der Waals surface area (Å²) in [6.07, 6.45) is 3.13. The highest BCUT2D eigenvalue weighted by Gasteiger charge is 2.13. The number of H-pyrrole nitrogens is 1. The summed E-state index contributed by atoms with van der Waals surface area (Å²) in [5, 5.41) is 11.9. The number of carbonyl (C=O) groups excluding carboxylic acids is 1. The van der Waals surface area contributed by atoms with Crippen LogP contribution in [-0.4, -0.2) is 29.9 Å². The van der Waals surface area contributed by atoms with Gasteiger partial charge in [-0.1, -0.05) is 6.07 Å². The number of rotatable bonds is 6. The molecule has 1 unspecified atom stereocenters. The van der Waals surface area contributed by atoms with Crippen molar-refractivity contribution < 1.29 is 14.3 Å². The number of carbonyl (C=O) groups is 1. The molecule has 0 spiro atoms. The molecule has 118 valence electrons. The Balaban J connectivity index is 2.02. The molecular formula is C15H20N4O3. The summed E-state index contributed by atoms with van der Waals surface area (Å²) >= 11 is 0. The third kappa shape index (κ3) is 3.91. The van der Waals surface area contributed by atoms with Crippen LogP contribution in [0.3, 0.4) is 0 Å². The Morgan fingerprint density at radius 3 is 2.86 bits per heavy atom. The van der Waals surface area contributed by atoms with Crippen molar-refractivity contribution in [1.82, 2.24) is 15.5 Å². The molecule has 0 aliphatic heterocycles. The number of aromatic amines is 1. The van der Waals surface area contributed by atoms with Gasteiger partial charge in [0.15, 0.2) is 11.5 Å². The number of benzene rings is 1. The maximum Gasteiger partial charge on any atom is 0.319 e. The molecule has 0 saturated carbocycles. The summed E-state index contributed by atoms with van der Waals surface area (Å²) in [6.45, 7) is 4.37. The SMILES string of the molecule is CCOc1ccc(C(C)NC(=O)Nc2cn[nH]c2)cc1OC. The molecule has 0 radical (unpaired) electrons. The quantitative estimate of drug-likeness (QED) is 0.765. The van der Waals surface area contributed by atoms with Crippen LogP contribution in [0.4, 0.5) is 10.5 Å². The van der Waals surface area contributed by atoms with Gasteiger partial charge in [0.2, 0.25) is 0 Å². The predicted octanol–water partition coefficient (Wildman–Crippen LogP) is 2.70. The van der Waals surface area contributed by atoms with E-state index in [1.165, 1.54) is 6.20 Å². The van der Waals surface area contributed by atoms with Crippen molar-refractivity contribution in [1.29, 1.82) is 0 Å². The molecule has 1 aromatic carbocycles. The van der Waals surface area contributed by atoms with E-state index in [-0.39, 0.29) is 12.1 Å². The van der Waals surface area contributed by atoms with Crippen molar-refractivity contribution >= 4 is 11.7 Å². The van der Waals surface area contributed by atoms with Crippen molar-refractivity contribution in [2.24, 2.45) is 0 Å². The summed E-state index contributed by atoms with van der Waals surface area (Å²) in [7, 11) is 1.59. The Morgan fingerprint density at radius 1 is 1.41 bits per heavy atom. The van der Waals surface area contributed by atoms with E-state index in [2.05, 4.69) is 20.8 Å². The second kappa shape index (κ2) is 7.35. The molecule has 7 heteroatoms. The van der Waals surface area contributed by atoms with E-state index in [4.69, 9.17) is 9.47 Å². The Hall–Kier alpha value is -2.70. The van der Waals surface area contributed by atoms with Gasteiger partial charge in [0, 0.05) is 6.20 Å². The summed E-state index contributed by atoms with van der Waals surface area (Å²) in [4.78, 5) is 11.9. The molecule has 1 atom stereocenters. The minimum absolute atomic E-state index is 0.184. The summed E-state index contributed by atoms with van der Waals surface area (Å²) < 4.78 is 10.8. The Kier molecular flexibility index (Phi) is 5.24. The van der Waals surface area contributed by atoms with Gasteiger partial charge in [-0.25, -0.2) is 4.79 Å². The van der Waals surface area contributed by atoms with Crippen molar-refractivity contribution in [2.45, 2.75) is 19.9 Å². The molecule has 22 heavy (non-hydrogen) atoms. The number of urea groups is 1. The number of anilines is 1. The fraction of sp³-hybridized carbons (Fsp3) is 0.333. The lowest BCUT2D eigenvalue weighted by atomic mass is 10.1. The molecule has 7 nitrogen and oxygen atoms in total. The van der Waals surface area contributed by atoms with Gasteiger partial charge in [-0.2, -0.15) is 5.10 Å². The number of ether oxygens (including phenoxy) is 2. The average Bonchev–Trinajstić information content (AvgIpc) is 3.00. The van der Waals surface area contributed by atoms with Crippen LogP contribution in [0, 0.1) is 0 Å². The van der Waals surface area contributed by atoms with E-state index in [1.54, 1.807) is 13.3 Å². The van der Waals surface area contributed by atoms with Gasteiger partial charge >= 0.3 is 6.03 Å². The second-order valence-corrected chi connectivity index (χ2v) is 4.65. The van der Waals surface area contributed by atoms with Crippen molar-refractivity contribution in [3.8, 4) is 11.5 Å². The minimum Gasteiger partial charge on any atom is -0.493 e. The number of methoxy groups -OCH3 is 1. The van der Waals surface area contributed by atoms with E-state index in [9.17, 15) is 4.79 Å². The van der Waals surface area contributed by atoms with Crippen LogP contribution >= 0.6 is 0 Å². The van der Waals surface area contributed by atoms with Gasteiger partial charge in [-0.05, 0) is 31.5 Å². The maximum atomic E-state index is 11.9. The summed E-state index contributed by atoms with van der Waals surface area (Å²) in [5.41, 5.74) is 1.52. The lowest BCUT2D eigenvalue weighted by Gasteiger charge is -2.17. The summed E-state index contributed by atoms with van der Waals surface area (Å²) in [5.74, 6) is 1.33. The predicted molar refractivity (Wildman–Crippen MR) is 83.3 cm³/mol. The molecule has 2 amide bonds. The molecule has 0 aliphatic rings. The van der Waals surface area contributed by atoms with Crippen molar-refractivity contribution in [2.75, 3.05) is 19.0 Å². The molecule has 0 aliphatic carbocycles. The molecule has 0 saturated heterocycles. The first-order chi connectivity index (χ1) is 10.6. The first-order valence-electron chi connectivity index (χ1n) is 7.01. The number of nitrogens with zero attached hydrogens (tertiary/aromatic N) is 1. The van der Waals surface area contributed by atoms with Crippen molar-refractivity contribution in [3.63, 3.8) is 0 Å². The first-order valence-corrected chi connectivity index (χ1v) is 7.01. The standard InChI is InChI=1S/C15H20N4O3/c1-4-22-13-6-5-11(7-14(13)21-3)10(2)18-15(20)19-12-8-16-17-9-12/h5-10H,4H2,1-3H3,(H,16,17)(H2,18,19,20). The molecule has 2 rings (SSSR count). The minimum atomic E-state index is -0.304. The van der Waals surface area contributed by atoms with Gasteiger partial charge in [-0.3, -0.25) is 5.10 Å². The number of hydrogen-bond acceptors (Lipinski definition) is 4.